The third-order valence-corrected chi connectivity index (χ3v) is 7.50. The van der Waals surface area contributed by atoms with E-state index in [0.717, 1.165) is 30.4 Å². The molecule has 1 amide bonds. The van der Waals surface area contributed by atoms with Gasteiger partial charge in [-0.25, -0.2) is 12.8 Å². The number of amides is 1. The number of sulfonamides is 1. The van der Waals surface area contributed by atoms with Crippen molar-refractivity contribution in [3.8, 4) is 5.75 Å². The van der Waals surface area contributed by atoms with Gasteiger partial charge in [-0.15, -0.1) is 0 Å². The summed E-state index contributed by atoms with van der Waals surface area (Å²) in [4.78, 5) is 15.0. The van der Waals surface area contributed by atoms with Crippen LogP contribution in [0.5, 0.6) is 5.75 Å². The van der Waals surface area contributed by atoms with Crippen LogP contribution in [0, 0.1) is 5.82 Å². The molecule has 1 saturated heterocycles. The number of rotatable bonds is 10. The number of nitrogens with one attached hydrogen (secondary N) is 1. The Kier molecular flexibility index (Phi) is 9.08. The topological polar surface area (TPSA) is 79.0 Å². The van der Waals surface area contributed by atoms with Gasteiger partial charge in [0, 0.05) is 6.54 Å². The Morgan fingerprint density at radius 3 is 2.36 bits per heavy atom. The number of hydrogen-bond acceptors (Lipinski definition) is 5. The maximum atomic E-state index is 14.5. The summed E-state index contributed by atoms with van der Waals surface area (Å²) < 4.78 is 47.1. The molecule has 1 heterocycles. The molecule has 0 radical (unpaired) electrons. The first-order chi connectivity index (χ1) is 15.9. The Morgan fingerprint density at radius 2 is 1.73 bits per heavy atom. The van der Waals surface area contributed by atoms with E-state index in [9.17, 15) is 17.6 Å². The van der Waals surface area contributed by atoms with Crippen LogP contribution in [0.15, 0.2) is 53.4 Å². The Labute approximate surface area is 195 Å². The van der Waals surface area contributed by atoms with Crippen LogP contribution in [0.2, 0.25) is 0 Å². The highest BCUT2D eigenvalue weighted by molar-refractivity contribution is 7.92. The zero-order chi connectivity index (χ0) is 23.7. The van der Waals surface area contributed by atoms with Gasteiger partial charge in [0.1, 0.15) is 18.1 Å². The Hall–Kier alpha value is -2.65. The van der Waals surface area contributed by atoms with Crippen molar-refractivity contribution < 1.29 is 22.3 Å². The summed E-state index contributed by atoms with van der Waals surface area (Å²) >= 11 is 0. The second-order valence-corrected chi connectivity index (χ2v) is 9.96. The summed E-state index contributed by atoms with van der Waals surface area (Å²) in [7, 11) is -2.70. The number of para-hydroxylation sites is 1. The maximum Gasteiger partial charge on any atom is 0.264 e. The van der Waals surface area contributed by atoms with E-state index >= 15 is 0 Å². The van der Waals surface area contributed by atoms with E-state index in [1.807, 2.05) is 0 Å². The predicted molar refractivity (Wildman–Crippen MR) is 126 cm³/mol. The first-order valence-corrected chi connectivity index (χ1v) is 12.8. The van der Waals surface area contributed by atoms with Crippen molar-refractivity contribution in [2.45, 2.75) is 37.0 Å². The normalized spacial score (nSPS) is 15.0. The molecule has 180 valence electrons. The number of anilines is 1. The molecule has 0 unspecified atom stereocenters. The van der Waals surface area contributed by atoms with Gasteiger partial charge in [0.2, 0.25) is 5.91 Å². The molecule has 1 fully saturated rings. The molecular weight excluding hydrogens is 445 g/mol. The zero-order valence-electron chi connectivity index (χ0n) is 19.0. The molecule has 2 aromatic rings. The van der Waals surface area contributed by atoms with Crippen molar-refractivity contribution >= 4 is 21.6 Å². The minimum absolute atomic E-state index is 0.0551. The van der Waals surface area contributed by atoms with E-state index in [-0.39, 0.29) is 10.6 Å². The van der Waals surface area contributed by atoms with Gasteiger partial charge in [-0.2, -0.15) is 0 Å². The highest BCUT2D eigenvalue weighted by atomic mass is 32.2. The second-order valence-electron chi connectivity index (χ2n) is 8.10. The summed E-state index contributed by atoms with van der Waals surface area (Å²) in [6, 6.07) is 11.3. The van der Waals surface area contributed by atoms with Crippen molar-refractivity contribution in [3.63, 3.8) is 0 Å². The molecular formula is C24H32FN3O4S. The molecule has 2 aromatic carbocycles. The molecule has 9 heteroatoms. The average Bonchev–Trinajstić information content (AvgIpc) is 3.10. The number of carbonyl (C=O) groups excluding carboxylic acids is 1. The zero-order valence-corrected chi connectivity index (χ0v) is 19.8. The van der Waals surface area contributed by atoms with Crippen LogP contribution in [0.3, 0.4) is 0 Å². The van der Waals surface area contributed by atoms with Crippen LogP contribution in [-0.2, 0) is 14.8 Å². The third kappa shape index (κ3) is 6.91. The second kappa shape index (κ2) is 12.0. The number of carbonyl (C=O) groups is 1. The van der Waals surface area contributed by atoms with E-state index < -0.39 is 28.3 Å². The van der Waals surface area contributed by atoms with Gasteiger partial charge in [0.25, 0.3) is 10.0 Å². The number of likely N-dealkylation sites (tertiary alicyclic amines) is 1. The molecule has 33 heavy (non-hydrogen) atoms. The summed E-state index contributed by atoms with van der Waals surface area (Å²) in [5.74, 6) is -0.705. The molecule has 1 N–H and O–H groups in total. The first-order valence-electron chi connectivity index (χ1n) is 11.3. The average molecular weight is 478 g/mol. The lowest BCUT2D eigenvalue weighted by molar-refractivity contribution is -0.119. The molecule has 0 atom stereocenters. The number of benzene rings is 2. The lowest BCUT2D eigenvalue weighted by Gasteiger charge is -2.25. The van der Waals surface area contributed by atoms with Crippen molar-refractivity contribution in [2.75, 3.05) is 44.1 Å². The Balaban J connectivity index is 1.68. The van der Waals surface area contributed by atoms with Crippen LogP contribution in [0.4, 0.5) is 10.1 Å². The highest BCUT2D eigenvalue weighted by Crippen LogP contribution is 2.27. The Bertz CT molecular complexity index is 1010. The van der Waals surface area contributed by atoms with Gasteiger partial charge in [-0.1, -0.05) is 25.0 Å². The number of halogens is 1. The fourth-order valence-corrected chi connectivity index (χ4v) is 5.33. The maximum absolute atomic E-state index is 14.5. The van der Waals surface area contributed by atoms with Gasteiger partial charge in [0.15, 0.2) is 0 Å². The molecule has 0 bridgehead atoms. The van der Waals surface area contributed by atoms with Crippen molar-refractivity contribution in [2.24, 2.45) is 0 Å². The van der Waals surface area contributed by atoms with E-state index in [4.69, 9.17) is 4.74 Å². The molecule has 1 aliphatic heterocycles. The quantitative estimate of drug-likeness (QED) is 0.531. The Morgan fingerprint density at radius 1 is 1.06 bits per heavy atom. The largest absolute Gasteiger partial charge is 0.497 e. The lowest BCUT2D eigenvalue weighted by atomic mass is 10.2. The molecule has 0 spiro atoms. The minimum Gasteiger partial charge on any atom is -0.497 e. The third-order valence-electron chi connectivity index (χ3n) is 5.73. The van der Waals surface area contributed by atoms with Crippen LogP contribution in [0.1, 0.15) is 32.1 Å². The molecule has 0 saturated carbocycles. The summed E-state index contributed by atoms with van der Waals surface area (Å²) in [5.41, 5.74) is -0.173. The van der Waals surface area contributed by atoms with Crippen molar-refractivity contribution in [3.05, 3.63) is 54.3 Å². The highest BCUT2D eigenvalue weighted by Gasteiger charge is 2.29. The van der Waals surface area contributed by atoms with Crippen LogP contribution in [0.25, 0.3) is 0 Å². The van der Waals surface area contributed by atoms with Gasteiger partial charge < -0.3 is 15.0 Å². The van der Waals surface area contributed by atoms with E-state index in [2.05, 4.69) is 10.2 Å². The minimum atomic E-state index is -4.18. The summed E-state index contributed by atoms with van der Waals surface area (Å²) in [6.07, 6.45) is 5.71. The summed E-state index contributed by atoms with van der Waals surface area (Å²) in [6.45, 7) is 2.97. The summed E-state index contributed by atoms with van der Waals surface area (Å²) in [5, 5.41) is 2.79. The molecule has 0 aromatic heterocycles. The number of ether oxygens (including phenoxy) is 1. The van der Waals surface area contributed by atoms with Crippen LogP contribution < -0.4 is 14.4 Å². The molecule has 7 nitrogen and oxygen atoms in total. The number of hydrogen-bond donors (Lipinski definition) is 1. The lowest BCUT2D eigenvalue weighted by Crippen LogP contribution is -2.42. The SMILES string of the molecule is COc1ccc(S(=O)(=O)N(CC(=O)NCCCN2CCCCCC2)c2ccccc2F)cc1. The number of methoxy groups -OCH3 is 1. The van der Waals surface area contributed by atoms with Crippen molar-refractivity contribution in [1.82, 2.24) is 10.2 Å². The standard InChI is InChI=1S/C24H32FN3O4S/c1-32-20-11-13-21(14-12-20)33(30,31)28(23-10-5-4-9-22(23)25)19-24(29)26-15-8-18-27-16-6-2-3-7-17-27/h4-5,9-14H,2-3,6-8,15-19H2,1H3,(H,26,29). The monoisotopic (exact) mass is 477 g/mol. The van der Waals surface area contributed by atoms with Gasteiger partial charge in [0.05, 0.1) is 17.7 Å². The van der Waals surface area contributed by atoms with E-state index in [1.165, 1.54) is 81.3 Å². The van der Waals surface area contributed by atoms with Gasteiger partial charge in [-0.05, 0) is 75.3 Å². The van der Waals surface area contributed by atoms with Crippen LogP contribution in [-0.4, -0.2) is 59.1 Å². The fraction of sp³-hybridized carbons (Fsp3) is 0.458. The smallest absolute Gasteiger partial charge is 0.264 e. The van der Waals surface area contributed by atoms with Gasteiger partial charge in [-0.3, -0.25) is 9.10 Å². The first kappa shape index (κ1) is 25.0. The van der Waals surface area contributed by atoms with Gasteiger partial charge >= 0.3 is 0 Å². The predicted octanol–water partition coefficient (Wildman–Crippen LogP) is 3.41. The van der Waals surface area contributed by atoms with Crippen LogP contribution >= 0.6 is 0 Å². The van der Waals surface area contributed by atoms with E-state index in [0.29, 0.717) is 12.3 Å². The molecule has 0 aliphatic carbocycles. The molecule has 3 rings (SSSR count). The molecule has 1 aliphatic rings. The van der Waals surface area contributed by atoms with E-state index in [1.54, 1.807) is 0 Å². The fourth-order valence-electron chi connectivity index (χ4n) is 3.91. The van der Waals surface area contributed by atoms with Crippen molar-refractivity contribution in [1.29, 1.82) is 0 Å². The number of nitrogens with zero attached hydrogens (tertiary/aromatic N) is 2.